The molecular weight excluding hydrogens is 256 g/mol. The molecule has 0 aromatic carbocycles. The second-order valence-corrected chi connectivity index (χ2v) is 5.09. The molecule has 0 fully saturated rings. The molecule has 0 bridgehead atoms. The molecule has 0 saturated carbocycles. The van der Waals surface area contributed by atoms with Crippen molar-refractivity contribution in [3.63, 3.8) is 0 Å². The zero-order chi connectivity index (χ0) is 7.00. The van der Waals surface area contributed by atoms with E-state index >= 15 is 0 Å². The Morgan fingerprint density at radius 2 is 0.900 bits per heavy atom. The average Bonchev–Trinajstić information content (AvgIpc) is 1.25. The molecular formula is H2O6PS2Zn. The van der Waals surface area contributed by atoms with Gasteiger partial charge < -0.3 is 0 Å². The van der Waals surface area contributed by atoms with Crippen LogP contribution in [0.3, 0.4) is 0 Å². The minimum Gasteiger partial charge on any atom is -0.272 e. The molecule has 0 aromatic rings. The smallest absolute Gasteiger partial charge is 0.272 e. The monoisotopic (exact) mass is 257 g/mol. The van der Waals surface area contributed by atoms with E-state index in [1.807, 2.05) is 0 Å². The van der Waals surface area contributed by atoms with Crippen molar-refractivity contribution in [3.8, 4) is 0 Å². The maximum absolute atomic E-state index is 9.37. The Balaban J connectivity index is -0.000000245. The summed E-state index contributed by atoms with van der Waals surface area (Å²) in [6, 6.07) is 0. The van der Waals surface area contributed by atoms with Crippen LogP contribution in [-0.2, 0) is 37.8 Å². The molecule has 0 aliphatic heterocycles. The van der Waals surface area contributed by atoms with Crippen LogP contribution >= 0.6 is 9.90 Å². The van der Waals surface area contributed by atoms with Gasteiger partial charge in [-0.2, -0.15) is 16.8 Å². The first kappa shape index (κ1) is 17.1. The summed E-state index contributed by atoms with van der Waals surface area (Å²) < 4.78 is 52.5. The van der Waals surface area contributed by atoms with Crippen molar-refractivity contribution >= 4 is 28.2 Å². The largest absolute Gasteiger partial charge is 0.397 e. The fourth-order valence-electron chi connectivity index (χ4n) is 0. The van der Waals surface area contributed by atoms with E-state index in [0.29, 0.717) is 0 Å². The zero-order valence-electron chi connectivity index (χ0n) is 4.50. The summed E-state index contributed by atoms with van der Waals surface area (Å²) in [6.07, 6.45) is 0. The standard InChI is InChI=1S/H2O6S2.P.Zn/c1-7(2,3)8(4,5)6;;/h(H,1,2,3)(H,4,5,6);;. The van der Waals surface area contributed by atoms with E-state index in [2.05, 4.69) is 0 Å². The summed E-state index contributed by atoms with van der Waals surface area (Å²) in [4.78, 5) is 0. The average molecular weight is 259 g/mol. The Hall–Kier alpha value is 0.873. The Labute approximate surface area is 73.7 Å². The van der Waals surface area contributed by atoms with Crippen molar-refractivity contribution in [1.29, 1.82) is 0 Å². The van der Waals surface area contributed by atoms with E-state index in [9.17, 15) is 16.8 Å². The van der Waals surface area contributed by atoms with Gasteiger partial charge in [0.05, 0.1) is 0 Å². The van der Waals surface area contributed by atoms with Gasteiger partial charge in [0.1, 0.15) is 0 Å². The third-order valence-electron chi connectivity index (χ3n) is 0.266. The van der Waals surface area contributed by atoms with Gasteiger partial charge in [-0.3, -0.25) is 9.11 Å². The first-order valence-corrected chi connectivity index (χ1v) is 4.60. The van der Waals surface area contributed by atoms with Gasteiger partial charge in [-0.05, 0) is 0 Å². The topological polar surface area (TPSA) is 109 Å². The summed E-state index contributed by atoms with van der Waals surface area (Å²) in [6.45, 7) is 0. The summed E-state index contributed by atoms with van der Waals surface area (Å²) in [5.41, 5.74) is 0. The number of hydrogen-bond acceptors (Lipinski definition) is 4. The van der Waals surface area contributed by atoms with E-state index in [-0.39, 0.29) is 29.4 Å². The molecule has 10 heteroatoms. The van der Waals surface area contributed by atoms with Gasteiger partial charge in [-0.15, -0.1) is 0 Å². The molecule has 0 saturated heterocycles. The Morgan fingerprint density at radius 1 is 0.800 bits per heavy atom. The van der Waals surface area contributed by atoms with Crippen molar-refractivity contribution in [3.05, 3.63) is 0 Å². The maximum atomic E-state index is 9.37. The molecule has 57 valence electrons. The first-order valence-electron chi connectivity index (χ1n) is 1.20. The fraction of sp³-hybridized carbons (Fsp3) is 0. The van der Waals surface area contributed by atoms with Crippen molar-refractivity contribution in [1.82, 2.24) is 0 Å². The van der Waals surface area contributed by atoms with Gasteiger partial charge >= 0.3 is 18.3 Å². The van der Waals surface area contributed by atoms with Crippen molar-refractivity contribution in [2.24, 2.45) is 0 Å². The molecule has 0 aliphatic carbocycles. The Kier molecular flexibility index (Phi) is 8.02. The number of rotatable bonds is 1. The van der Waals surface area contributed by atoms with Crippen LogP contribution in [0.15, 0.2) is 0 Å². The Bertz CT molecular complexity index is 228. The second kappa shape index (κ2) is 4.69. The summed E-state index contributed by atoms with van der Waals surface area (Å²) in [5, 5.41) is 0. The molecule has 2 N–H and O–H groups in total. The van der Waals surface area contributed by atoms with Crippen molar-refractivity contribution in [2.75, 3.05) is 0 Å². The Morgan fingerprint density at radius 3 is 0.900 bits per heavy atom. The van der Waals surface area contributed by atoms with E-state index in [0.717, 1.165) is 0 Å². The minimum atomic E-state index is -5.31. The zero-order valence-corrected chi connectivity index (χ0v) is 9.99. The number of hydrogen-bond donors (Lipinski definition) is 2. The molecule has 0 spiro atoms. The molecule has 0 rings (SSSR count). The van der Waals surface area contributed by atoms with Crippen LogP contribution in [0, 0.1) is 0 Å². The predicted molar refractivity (Wildman–Crippen MR) is 30.0 cm³/mol. The van der Waals surface area contributed by atoms with Crippen LogP contribution < -0.4 is 0 Å². The van der Waals surface area contributed by atoms with E-state index < -0.39 is 18.3 Å². The van der Waals surface area contributed by atoms with E-state index in [1.165, 1.54) is 0 Å². The maximum Gasteiger partial charge on any atom is 0.397 e. The van der Waals surface area contributed by atoms with Gasteiger partial charge in [0.15, 0.2) is 0 Å². The minimum absolute atomic E-state index is 0. The van der Waals surface area contributed by atoms with Crippen molar-refractivity contribution in [2.45, 2.75) is 0 Å². The van der Waals surface area contributed by atoms with E-state index in [1.54, 1.807) is 0 Å². The second-order valence-electron chi connectivity index (χ2n) is 0.855. The molecule has 0 atom stereocenters. The molecule has 6 nitrogen and oxygen atoms in total. The quantitative estimate of drug-likeness (QED) is 0.285. The molecule has 10 heavy (non-hydrogen) atoms. The van der Waals surface area contributed by atoms with Crippen molar-refractivity contribution < 1.29 is 45.4 Å². The van der Waals surface area contributed by atoms with E-state index in [4.69, 9.17) is 9.11 Å². The SMILES string of the molecule is O=S(=O)(O)S(=O)(=O)O.[P].[Zn]. The predicted octanol–water partition coefficient (Wildman–Crippen LogP) is -0.464. The molecule has 3 radical (unpaired) electrons. The molecule has 0 aromatic heterocycles. The van der Waals surface area contributed by atoms with Crippen LogP contribution in [0.2, 0.25) is 0 Å². The summed E-state index contributed by atoms with van der Waals surface area (Å²) >= 11 is 0. The van der Waals surface area contributed by atoms with Gasteiger partial charge in [0.2, 0.25) is 0 Å². The van der Waals surface area contributed by atoms with Gasteiger partial charge in [0, 0.05) is 29.4 Å². The molecule has 0 aliphatic rings. The van der Waals surface area contributed by atoms with Crippen LogP contribution in [-0.4, -0.2) is 25.9 Å². The summed E-state index contributed by atoms with van der Waals surface area (Å²) in [5.74, 6) is 0. The summed E-state index contributed by atoms with van der Waals surface area (Å²) in [7, 11) is -10.6. The fourth-order valence-corrected chi connectivity index (χ4v) is 0. The van der Waals surface area contributed by atoms with Gasteiger partial charge in [-0.1, -0.05) is 0 Å². The van der Waals surface area contributed by atoms with Gasteiger partial charge in [0.25, 0.3) is 0 Å². The van der Waals surface area contributed by atoms with Gasteiger partial charge in [-0.25, -0.2) is 0 Å². The molecule has 0 heterocycles. The van der Waals surface area contributed by atoms with Crippen LogP contribution in [0.4, 0.5) is 0 Å². The normalized spacial score (nSPS) is 11.0. The van der Waals surface area contributed by atoms with Crippen LogP contribution in [0.1, 0.15) is 0 Å². The third-order valence-corrected chi connectivity index (χ3v) is 2.40. The third kappa shape index (κ3) is 5.64. The molecule has 0 unspecified atom stereocenters. The van der Waals surface area contributed by atoms with Crippen LogP contribution in [0.5, 0.6) is 0 Å². The van der Waals surface area contributed by atoms with Crippen LogP contribution in [0.25, 0.3) is 0 Å². The molecule has 0 amide bonds. The first-order chi connectivity index (χ1) is 3.25.